The second-order valence-electron chi connectivity index (χ2n) is 3.82. The molecule has 0 unspecified atom stereocenters. The number of carbonyl (C=O) groups excluding carboxylic acids is 1. The molecule has 0 aliphatic rings. The predicted octanol–water partition coefficient (Wildman–Crippen LogP) is 3.11. The standard InChI is InChI=1S/C13H11BrN2O2/c1-8-6-10(3-5-12(8)17)16-13(18)11-4-2-9(14)7-15-11/h2-7,17H,1H3,(H,16,18). The lowest BCUT2D eigenvalue weighted by molar-refractivity contribution is 0.102. The fourth-order valence-corrected chi connectivity index (χ4v) is 1.67. The van der Waals surface area contributed by atoms with Crippen molar-refractivity contribution >= 4 is 27.5 Å². The first-order valence-corrected chi connectivity index (χ1v) is 6.08. The molecule has 0 saturated carbocycles. The second kappa shape index (κ2) is 5.18. The van der Waals surface area contributed by atoms with Crippen molar-refractivity contribution in [2.24, 2.45) is 0 Å². The largest absolute Gasteiger partial charge is 0.508 e. The van der Waals surface area contributed by atoms with Crippen LogP contribution in [0.3, 0.4) is 0 Å². The minimum atomic E-state index is -0.285. The number of carbonyl (C=O) groups is 1. The van der Waals surface area contributed by atoms with Gasteiger partial charge in [-0.3, -0.25) is 4.79 Å². The van der Waals surface area contributed by atoms with E-state index < -0.39 is 0 Å². The highest BCUT2D eigenvalue weighted by atomic mass is 79.9. The van der Waals surface area contributed by atoms with E-state index in [-0.39, 0.29) is 11.7 Å². The number of amides is 1. The van der Waals surface area contributed by atoms with Gasteiger partial charge >= 0.3 is 0 Å². The SMILES string of the molecule is Cc1cc(NC(=O)c2ccc(Br)cn2)ccc1O. The van der Waals surface area contributed by atoms with Crippen LogP contribution in [0.25, 0.3) is 0 Å². The van der Waals surface area contributed by atoms with Crippen LogP contribution in [0.4, 0.5) is 5.69 Å². The first-order chi connectivity index (χ1) is 8.56. The van der Waals surface area contributed by atoms with E-state index in [1.54, 1.807) is 43.5 Å². The van der Waals surface area contributed by atoms with Crippen LogP contribution in [-0.2, 0) is 0 Å². The molecule has 0 radical (unpaired) electrons. The van der Waals surface area contributed by atoms with Crippen molar-refractivity contribution in [2.75, 3.05) is 5.32 Å². The highest BCUT2D eigenvalue weighted by Crippen LogP contribution is 2.20. The van der Waals surface area contributed by atoms with Crippen molar-refractivity contribution < 1.29 is 9.90 Å². The lowest BCUT2D eigenvalue weighted by Crippen LogP contribution is -2.13. The van der Waals surface area contributed by atoms with E-state index in [0.717, 1.165) is 4.47 Å². The third kappa shape index (κ3) is 2.87. The highest BCUT2D eigenvalue weighted by Gasteiger charge is 2.08. The third-order valence-electron chi connectivity index (χ3n) is 2.41. The number of anilines is 1. The molecule has 2 N–H and O–H groups in total. The molecular weight excluding hydrogens is 296 g/mol. The van der Waals surface area contributed by atoms with Crippen LogP contribution < -0.4 is 5.32 Å². The number of rotatable bonds is 2. The number of hydrogen-bond donors (Lipinski definition) is 2. The van der Waals surface area contributed by atoms with Gasteiger partial charge in [0.05, 0.1) is 0 Å². The summed E-state index contributed by atoms with van der Waals surface area (Å²) in [5.74, 6) is -0.0812. The van der Waals surface area contributed by atoms with Crippen LogP contribution in [0.5, 0.6) is 5.75 Å². The molecule has 0 atom stereocenters. The first-order valence-electron chi connectivity index (χ1n) is 5.29. The summed E-state index contributed by atoms with van der Waals surface area (Å²) >= 11 is 3.26. The molecule has 4 nitrogen and oxygen atoms in total. The molecule has 0 bridgehead atoms. The molecule has 18 heavy (non-hydrogen) atoms. The summed E-state index contributed by atoms with van der Waals surface area (Å²) in [5.41, 5.74) is 1.67. The summed E-state index contributed by atoms with van der Waals surface area (Å²) in [6.45, 7) is 1.77. The van der Waals surface area contributed by atoms with E-state index in [1.807, 2.05) is 0 Å². The fourth-order valence-electron chi connectivity index (χ4n) is 1.44. The molecule has 0 aliphatic carbocycles. The molecule has 1 heterocycles. The summed E-state index contributed by atoms with van der Waals surface area (Å²) < 4.78 is 0.819. The van der Waals surface area contributed by atoms with Crippen LogP contribution in [0.1, 0.15) is 16.1 Å². The van der Waals surface area contributed by atoms with E-state index in [0.29, 0.717) is 16.9 Å². The Labute approximate surface area is 113 Å². The van der Waals surface area contributed by atoms with Crippen LogP contribution in [0.2, 0.25) is 0 Å². The zero-order chi connectivity index (χ0) is 13.1. The van der Waals surface area contributed by atoms with Gasteiger partial charge < -0.3 is 10.4 Å². The lowest BCUT2D eigenvalue weighted by atomic mass is 10.2. The maximum Gasteiger partial charge on any atom is 0.274 e. The number of phenolic OH excluding ortho intramolecular Hbond substituents is 1. The number of nitrogens with zero attached hydrogens (tertiary/aromatic N) is 1. The van der Waals surface area contributed by atoms with E-state index in [1.165, 1.54) is 0 Å². The number of aromatic hydroxyl groups is 1. The molecule has 0 aliphatic heterocycles. The molecule has 2 aromatic rings. The van der Waals surface area contributed by atoms with Crippen molar-refractivity contribution in [3.8, 4) is 5.75 Å². The van der Waals surface area contributed by atoms with Gasteiger partial charge in [0.25, 0.3) is 5.91 Å². The Balaban J connectivity index is 2.16. The Kier molecular flexibility index (Phi) is 3.62. The van der Waals surface area contributed by atoms with Crippen molar-refractivity contribution in [1.29, 1.82) is 0 Å². The number of nitrogens with one attached hydrogen (secondary N) is 1. The van der Waals surface area contributed by atoms with Crippen LogP contribution in [0.15, 0.2) is 41.0 Å². The van der Waals surface area contributed by atoms with Gasteiger partial charge in [-0.05, 0) is 58.7 Å². The molecule has 92 valence electrons. The van der Waals surface area contributed by atoms with Crippen molar-refractivity contribution in [3.63, 3.8) is 0 Å². The molecule has 0 spiro atoms. The summed E-state index contributed by atoms with van der Waals surface area (Å²) in [4.78, 5) is 15.9. The number of pyridine rings is 1. The average Bonchev–Trinajstić information content (AvgIpc) is 2.34. The number of aromatic nitrogens is 1. The lowest BCUT2D eigenvalue weighted by Gasteiger charge is -2.06. The fraction of sp³-hybridized carbons (Fsp3) is 0.0769. The zero-order valence-corrected chi connectivity index (χ0v) is 11.2. The summed E-state index contributed by atoms with van der Waals surface area (Å²) in [5, 5.41) is 12.1. The second-order valence-corrected chi connectivity index (χ2v) is 4.73. The van der Waals surface area contributed by atoms with Gasteiger partial charge in [0.15, 0.2) is 0 Å². The topological polar surface area (TPSA) is 62.2 Å². The van der Waals surface area contributed by atoms with E-state index in [9.17, 15) is 9.90 Å². The Morgan fingerprint density at radius 1 is 1.33 bits per heavy atom. The molecule has 1 aromatic heterocycles. The number of aryl methyl sites for hydroxylation is 1. The van der Waals surface area contributed by atoms with E-state index in [4.69, 9.17) is 0 Å². The molecule has 0 saturated heterocycles. The average molecular weight is 307 g/mol. The smallest absolute Gasteiger partial charge is 0.274 e. The summed E-state index contributed by atoms with van der Waals surface area (Å²) in [6, 6.07) is 8.27. The monoisotopic (exact) mass is 306 g/mol. The molecule has 1 aromatic carbocycles. The number of benzene rings is 1. The Hall–Kier alpha value is -1.88. The summed E-state index contributed by atoms with van der Waals surface area (Å²) in [6.07, 6.45) is 1.57. The van der Waals surface area contributed by atoms with Crippen molar-refractivity contribution in [3.05, 3.63) is 52.3 Å². The predicted molar refractivity (Wildman–Crippen MR) is 72.7 cm³/mol. The van der Waals surface area contributed by atoms with Crippen LogP contribution in [0, 0.1) is 6.92 Å². The number of hydrogen-bond acceptors (Lipinski definition) is 3. The Morgan fingerprint density at radius 2 is 2.11 bits per heavy atom. The van der Waals surface area contributed by atoms with Gasteiger partial charge in [-0.15, -0.1) is 0 Å². The molecular formula is C13H11BrN2O2. The molecule has 1 amide bonds. The van der Waals surface area contributed by atoms with Crippen LogP contribution in [-0.4, -0.2) is 16.0 Å². The number of halogens is 1. The minimum absolute atomic E-state index is 0.203. The molecule has 5 heteroatoms. The van der Waals surface area contributed by atoms with Gasteiger partial charge in [-0.25, -0.2) is 4.98 Å². The van der Waals surface area contributed by atoms with Gasteiger partial charge in [0.1, 0.15) is 11.4 Å². The molecule has 2 rings (SSSR count). The van der Waals surface area contributed by atoms with E-state index >= 15 is 0 Å². The maximum atomic E-state index is 11.9. The third-order valence-corrected chi connectivity index (χ3v) is 2.88. The maximum absolute atomic E-state index is 11.9. The normalized spacial score (nSPS) is 10.1. The van der Waals surface area contributed by atoms with E-state index in [2.05, 4.69) is 26.2 Å². The van der Waals surface area contributed by atoms with Crippen molar-refractivity contribution in [2.45, 2.75) is 6.92 Å². The highest BCUT2D eigenvalue weighted by molar-refractivity contribution is 9.10. The summed E-state index contributed by atoms with van der Waals surface area (Å²) in [7, 11) is 0. The van der Waals surface area contributed by atoms with Gasteiger partial charge in [0.2, 0.25) is 0 Å². The Bertz CT molecular complexity index is 582. The quantitative estimate of drug-likeness (QED) is 0.838. The minimum Gasteiger partial charge on any atom is -0.508 e. The van der Waals surface area contributed by atoms with Gasteiger partial charge in [-0.1, -0.05) is 0 Å². The molecule has 0 fully saturated rings. The zero-order valence-electron chi connectivity index (χ0n) is 9.64. The Morgan fingerprint density at radius 3 is 2.72 bits per heavy atom. The van der Waals surface area contributed by atoms with Gasteiger partial charge in [-0.2, -0.15) is 0 Å². The van der Waals surface area contributed by atoms with Gasteiger partial charge in [0, 0.05) is 16.4 Å². The van der Waals surface area contributed by atoms with Crippen LogP contribution >= 0.6 is 15.9 Å². The number of phenols is 1. The van der Waals surface area contributed by atoms with Crippen molar-refractivity contribution in [1.82, 2.24) is 4.98 Å². The first kappa shape index (κ1) is 12.6.